The van der Waals surface area contributed by atoms with Gasteiger partial charge in [0.2, 0.25) is 17.7 Å². The van der Waals surface area contributed by atoms with Gasteiger partial charge in [0, 0.05) is 5.69 Å². The van der Waals surface area contributed by atoms with Crippen LogP contribution in [0.3, 0.4) is 0 Å². The molecule has 3 aromatic rings. The highest BCUT2D eigenvalue weighted by Crippen LogP contribution is 2.33. The molecule has 0 unspecified atom stereocenters. The highest BCUT2D eigenvalue weighted by molar-refractivity contribution is 5.84. The van der Waals surface area contributed by atoms with E-state index in [1.807, 2.05) is 0 Å². The van der Waals surface area contributed by atoms with Crippen LogP contribution in [0.2, 0.25) is 0 Å². The van der Waals surface area contributed by atoms with Gasteiger partial charge in [-0.1, -0.05) is 12.1 Å². The molecular formula is C19H17F3N4O2. The van der Waals surface area contributed by atoms with Crippen LogP contribution in [0.25, 0.3) is 11.5 Å². The smallest absolute Gasteiger partial charge is 0.416 e. The van der Waals surface area contributed by atoms with Crippen molar-refractivity contribution in [1.29, 1.82) is 0 Å². The van der Waals surface area contributed by atoms with Crippen LogP contribution in [0.15, 0.2) is 52.9 Å². The summed E-state index contributed by atoms with van der Waals surface area (Å²) in [6.07, 6.45) is -4.40. The van der Waals surface area contributed by atoms with Crippen LogP contribution >= 0.6 is 0 Å². The lowest BCUT2D eigenvalue weighted by atomic mass is 9.93. The number of halogens is 3. The number of amides is 1. The topological polar surface area (TPSA) is 94.0 Å². The third kappa shape index (κ3) is 3.83. The summed E-state index contributed by atoms with van der Waals surface area (Å²) in [6.45, 7) is 3.14. The second-order valence-corrected chi connectivity index (χ2v) is 6.65. The Hall–Kier alpha value is -3.36. The van der Waals surface area contributed by atoms with E-state index < -0.39 is 23.1 Å². The molecule has 3 N–H and O–H groups in total. The van der Waals surface area contributed by atoms with Crippen LogP contribution < -0.4 is 11.1 Å². The Morgan fingerprint density at radius 1 is 1.04 bits per heavy atom. The minimum atomic E-state index is -4.40. The molecule has 0 atom stereocenters. The first-order chi connectivity index (χ1) is 13.1. The predicted molar refractivity (Wildman–Crippen MR) is 96.7 cm³/mol. The molecule has 146 valence electrons. The van der Waals surface area contributed by atoms with Crippen molar-refractivity contribution in [3.05, 3.63) is 60.0 Å². The number of rotatable bonds is 5. The first-order valence-electron chi connectivity index (χ1n) is 8.26. The zero-order chi connectivity index (χ0) is 20.5. The van der Waals surface area contributed by atoms with Gasteiger partial charge in [-0.2, -0.15) is 13.2 Å². The monoisotopic (exact) mass is 390 g/mol. The molecule has 1 heterocycles. The maximum Gasteiger partial charge on any atom is 0.416 e. The summed E-state index contributed by atoms with van der Waals surface area (Å²) in [5.41, 5.74) is 5.03. The second-order valence-electron chi connectivity index (χ2n) is 6.65. The van der Waals surface area contributed by atoms with Crippen molar-refractivity contribution in [2.24, 2.45) is 5.73 Å². The molecule has 1 aromatic heterocycles. The molecule has 0 saturated carbocycles. The lowest BCUT2D eigenvalue weighted by molar-refractivity contribution is -0.137. The summed E-state index contributed by atoms with van der Waals surface area (Å²) in [7, 11) is 0. The summed E-state index contributed by atoms with van der Waals surface area (Å²) in [4.78, 5) is 11.6. The molecule has 0 aliphatic heterocycles. The van der Waals surface area contributed by atoms with Gasteiger partial charge in [-0.15, -0.1) is 10.2 Å². The first-order valence-corrected chi connectivity index (χ1v) is 8.26. The number of carbonyl (C=O) groups excluding carboxylic acids is 1. The number of anilines is 2. The zero-order valence-electron chi connectivity index (χ0n) is 15.0. The molecule has 2 aromatic carbocycles. The number of para-hydroxylation sites is 1. The molecule has 0 aliphatic rings. The molecule has 0 aliphatic carbocycles. The van der Waals surface area contributed by atoms with Gasteiger partial charge in [0.25, 0.3) is 0 Å². The number of hydrogen-bond acceptors (Lipinski definition) is 5. The van der Waals surface area contributed by atoms with Crippen molar-refractivity contribution < 1.29 is 22.4 Å². The SMILES string of the molecule is CC(C)(C(N)=O)c1nnc(-c2ccccc2Nc2ccc(C(F)(F)F)cc2)o1. The Kier molecular flexibility index (Phi) is 4.84. The molecule has 0 bridgehead atoms. The zero-order valence-corrected chi connectivity index (χ0v) is 15.0. The maximum absolute atomic E-state index is 12.7. The molecule has 9 heteroatoms. The van der Waals surface area contributed by atoms with Crippen LogP contribution in [0.4, 0.5) is 24.5 Å². The van der Waals surface area contributed by atoms with E-state index in [1.165, 1.54) is 12.1 Å². The molecule has 0 saturated heterocycles. The predicted octanol–water partition coefficient (Wildman–Crippen LogP) is 4.26. The lowest BCUT2D eigenvalue weighted by Gasteiger charge is -2.14. The van der Waals surface area contributed by atoms with Gasteiger partial charge in [0.1, 0.15) is 5.41 Å². The van der Waals surface area contributed by atoms with Gasteiger partial charge in [-0.25, -0.2) is 0 Å². The number of aromatic nitrogens is 2. The Morgan fingerprint density at radius 2 is 1.68 bits per heavy atom. The fourth-order valence-electron chi connectivity index (χ4n) is 2.37. The van der Waals surface area contributed by atoms with Crippen LogP contribution in [0.1, 0.15) is 25.3 Å². The van der Waals surface area contributed by atoms with E-state index in [-0.39, 0.29) is 11.8 Å². The number of alkyl halides is 3. The normalized spacial score (nSPS) is 12.0. The van der Waals surface area contributed by atoms with Crippen molar-refractivity contribution in [2.45, 2.75) is 25.4 Å². The Balaban J connectivity index is 1.90. The third-order valence-corrected chi connectivity index (χ3v) is 4.22. The number of carbonyl (C=O) groups is 1. The number of benzene rings is 2. The number of nitrogens with zero attached hydrogens (tertiary/aromatic N) is 2. The summed E-state index contributed by atoms with van der Waals surface area (Å²) in [5.74, 6) is -0.391. The van der Waals surface area contributed by atoms with E-state index in [2.05, 4.69) is 15.5 Å². The summed E-state index contributed by atoms with van der Waals surface area (Å²) >= 11 is 0. The molecule has 6 nitrogen and oxygen atoms in total. The Morgan fingerprint density at radius 3 is 2.29 bits per heavy atom. The highest BCUT2D eigenvalue weighted by Gasteiger charge is 2.34. The minimum absolute atomic E-state index is 0.0688. The molecule has 0 fully saturated rings. The number of nitrogens with two attached hydrogens (primary N) is 1. The number of hydrogen-bond donors (Lipinski definition) is 2. The van der Waals surface area contributed by atoms with Crippen molar-refractivity contribution in [1.82, 2.24) is 10.2 Å². The molecule has 3 rings (SSSR count). The number of primary amides is 1. The standard InChI is InChI=1S/C19H17F3N4O2/c1-18(2,16(23)27)17-26-25-15(28-17)13-5-3-4-6-14(13)24-12-9-7-11(8-10-12)19(20,21)22/h3-10,24H,1-2H3,(H2,23,27). The van der Waals surface area contributed by atoms with E-state index in [1.54, 1.807) is 38.1 Å². The highest BCUT2D eigenvalue weighted by atomic mass is 19.4. The minimum Gasteiger partial charge on any atom is -0.419 e. The van der Waals surface area contributed by atoms with Gasteiger partial charge in [-0.05, 0) is 50.2 Å². The Labute approximate surface area is 158 Å². The van der Waals surface area contributed by atoms with Gasteiger partial charge in [0.15, 0.2) is 0 Å². The van der Waals surface area contributed by atoms with Crippen molar-refractivity contribution >= 4 is 17.3 Å². The summed E-state index contributed by atoms with van der Waals surface area (Å²) < 4.78 is 43.7. The van der Waals surface area contributed by atoms with Gasteiger partial charge < -0.3 is 15.5 Å². The average molecular weight is 390 g/mol. The van der Waals surface area contributed by atoms with Crippen molar-refractivity contribution in [3.63, 3.8) is 0 Å². The van der Waals surface area contributed by atoms with Crippen LogP contribution in [-0.2, 0) is 16.4 Å². The van der Waals surface area contributed by atoms with E-state index >= 15 is 0 Å². The fourth-order valence-corrected chi connectivity index (χ4v) is 2.37. The van der Waals surface area contributed by atoms with E-state index in [9.17, 15) is 18.0 Å². The quantitative estimate of drug-likeness (QED) is 0.679. The second kappa shape index (κ2) is 6.99. The molecular weight excluding hydrogens is 373 g/mol. The van der Waals surface area contributed by atoms with Crippen LogP contribution in [0, 0.1) is 0 Å². The van der Waals surface area contributed by atoms with E-state index in [4.69, 9.17) is 10.2 Å². The Bertz CT molecular complexity index is 995. The molecule has 0 radical (unpaired) electrons. The molecule has 1 amide bonds. The van der Waals surface area contributed by atoms with E-state index in [0.29, 0.717) is 16.9 Å². The fraction of sp³-hybridized carbons (Fsp3) is 0.211. The van der Waals surface area contributed by atoms with Gasteiger partial charge in [-0.3, -0.25) is 4.79 Å². The largest absolute Gasteiger partial charge is 0.419 e. The summed E-state index contributed by atoms with van der Waals surface area (Å²) in [6, 6.07) is 11.6. The van der Waals surface area contributed by atoms with Crippen molar-refractivity contribution in [3.8, 4) is 11.5 Å². The van der Waals surface area contributed by atoms with Crippen LogP contribution in [0.5, 0.6) is 0 Å². The van der Waals surface area contributed by atoms with Crippen LogP contribution in [-0.4, -0.2) is 16.1 Å². The summed E-state index contributed by atoms with van der Waals surface area (Å²) in [5, 5.41) is 10.9. The average Bonchev–Trinajstić information content (AvgIpc) is 3.12. The number of nitrogens with one attached hydrogen (secondary N) is 1. The third-order valence-electron chi connectivity index (χ3n) is 4.22. The van der Waals surface area contributed by atoms with E-state index in [0.717, 1.165) is 12.1 Å². The maximum atomic E-state index is 12.7. The first kappa shape index (κ1) is 19.4. The lowest BCUT2D eigenvalue weighted by Crippen LogP contribution is -2.35. The molecule has 28 heavy (non-hydrogen) atoms. The van der Waals surface area contributed by atoms with Gasteiger partial charge >= 0.3 is 6.18 Å². The van der Waals surface area contributed by atoms with Crippen molar-refractivity contribution in [2.75, 3.05) is 5.32 Å². The van der Waals surface area contributed by atoms with Gasteiger partial charge in [0.05, 0.1) is 16.8 Å². The molecule has 0 spiro atoms.